The first kappa shape index (κ1) is 13.7. The maximum atomic E-state index is 11.8. The second kappa shape index (κ2) is 7.02. The van der Waals surface area contributed by atoms with E-state index in [1.165, 1.54) is 6.42 Å². The zero-order chi connectivity index (χ0) is 13.5. The van der Waals surface area contributed by atoms with Gasteiger partial charge in [0.1, 0.15) is 5.75 Å². The molecule has 4 heteroatoms. The summed E-state index contributed by atoms with van der Waals surface area (Å²) in [5.74, 6) is 1.09. The lowest BCUT2D eigenvalue weighted by atomic mass is 10.2. The Labute approximate surface area is 114 Å². The molecule has 1 heterocycles. The van der Waals surface area contributed by atoms with Crippen LogP contribution in [0.1, 0.15) is 32.1 Å². The van der Waals surface area contributed by atoms with E-state index >= 15 is 0 Å². The summed E-state index contributed by atoms with van der Waals surface area (Å²) in [5, 5.41) is 0. The molecular weight excluding hydrogens is 240 g/mol. The third-order valence-corrected chi connectivity index (χ3v) is 3.37. The Morgan fingerprint density at radius 3 is 3.00 bits per heavy atom. The fraction of sp³-hybridized carbons (Fsp3) is 0.533. The quantitative estimate of drug-likeness (QED) is 0.655. The fourth-order valence-corrected chi connectivity index (χ4v) is 2.32. The lowest BCUT2D eigenvalue weighted by molar-refractivity contribution is -0.130. The third kappa shape index (κ3) is 4.47. The molecule has 0 spiro atoms. The molecule has 0 aliphatic carbocycles. The molecule has 0 bridgehead atoms. The van der Waals surface area contributed by atoms with Crippen LogP contribution >= 0.6 is 0 Å². The minimum Gasteiger partial charge on any atom is -0.493 e. The van der Waals surface area contributed by atoms with E-state index in [1.807, 2.05) is 29.2 Å². The number of amides is 1. The first-order valence-electron chi connectivity index (χ1n) is 7.02. The Morgan fingerprint density at radius 2 is 2.16 bits per heavy atom. The SMILES string of the molecule is Nc1cccc(OCCCN2CCCCCC2=O)c1. The molecule has 4 nitrogen and oxygen atoms in total. The van der Waals surface area contributed by atoms with Crippen LogP contribution in [-0.4, -0.2) is 30.5 Å². The van der Waals surface area contributed by atoms with Crippen molar-refractivity contribution in [3.63, 3.8) is 0 Å². The standard InChI is InChI=1S/C15H22N2O2/c16-13-6-4-7-14(12-13)19-11-5-10-17-9-3-1-2-8-15(17)18/h4,6-7,12H,1-3,5,8-11,16H2. The van der Waals surface area contributed by atoms with Gasteiger partial charge in [0.15, 0.2) is 0 Å². The largest absolute Gasteiger partial charge is 0.493 e. The molecule has 1 aliphatic heterocycles. The molecule has 1 aromatic rings. The first-order valence-corrected chi connectivity index (χ1v) is 7.02. The number of ether oxygens (including phenoxy) is 1. The first-order chi connectivity index (χ1) is 9.25. The van der Waals surface area contributed by atoms with Gasteiger partial charge in [-0.25, -0.2) is 0 Å². The molecule has 1 aromatic carbocycles. The van der Waals surface area contributed by atoms with Gasteiger partial charge in [-0.05, 0) is 31.4 Å². The molecular formula is C15H22N2O2. The Balaban J connectivity index is 1.70. The Kier molecular flexibility index (Phi) is 5.07. The smallest absolute Gasteiger partial charge is 0.222 e. The van der Waals surface area contributed by atoms with Gasteiger partial charge >= 0.3 is 0 Å². The highest BCUT2D eigenvalue weighted by molar-refractivity contribution is 5.76. The van der Waals surface area contributed by atoms with Crippen LogP contribution < -0.4 is 10.5 Å². The molecule has 0 aromatic heterocycles. The number of nitrogens with zero attached hydrogens (tertiary/aromatic N) is 1. The van der Waals surface area contributed by atoms with Crippen molar-refractivity contribution in [2.45, 2.75) is 32.1 Å². The summed E-state index contributed by atoms with van der Waals surface area (Å²) >= 11 is 0. The summed E-state index contributed by atoms with van der Waals surface area (Å²) in [7, 11) is 0. The average Bonchev–Trinajstić information content (AvgIpc) is 2.60. The van der Waals surface area contributed by atoms with E-state index < -0.39 is 0 Å². The molecule has 2 N–H and O–H groups in total. The van der Waals surface area contributed by atoms with Crippen molar-refractivity contribution in [3.05, 3.63) is 24.3 Å². The fourth-order valence-electron chi connectivity index (χ4n) is 2.32. The number of carbonyl (C=O) groups is 1. The van der Waals surface area contributed by atoms with Crippen LogP contribution in [0.4, 0.5) is 5.69 Å². The van der Waals surface area contributed by atoms with Crippen LogP contribution in [0.3, 0.4) is 0 Å². The normalized spacial score (nSPS) is 16.2. The zero-order valence-corrected chi connectivity index (χ0v) is 11.3. The van der Waals surface area contributed by atoms with Crippen LogP contribution in [-0.2, 0) is 4.79 Å². The number of carbonyl (C=O) groups excluding carboxylic acids is 1. The second-order valence-corrected chi connectivity index (χ2v) is 4.97. The van der Waals surface area contributed by atoms with E-state index in [0.717, 1.165) is 38.1 Å². The van der Waals surface area contributed by atoms with E-state index in [9.17, 15) is 4.79 Å². The van der Waals surface area contributed by atoms with Crippen LogP contribution in [0.2, 0.25) is 0 Å². The molecule has 0 unspecified atom stereocenters. The van der Waals surface area contributed by atoms with E-state index in [-0.39, 0.29) is 0 Å². The van der Waals surface area contributed by atoms with Gasteiger partial charge in [0.25, 0.3) is 0 Å². The maximum Gasteiger partial charge on any atom is 0.222 e. The van der Waals surface area contributed by atoms with Crippen molar-refractivity contribution < 1.29 is 9.53 Å². The lowest BCUT2D eigenvalue weighted by Crippen LogP contribution is -2.31. The van der Waals surface area contributed by atoms with Gasteiger partial charge in [0.05, 0.1) is 6.61 Å². The van der Waals surface area contributed by atoms with Gasteiger partial charge in [-0.2, -0.15) is 0 Å². The van der Waals surface area contributed by atoms with E-state index in [1.54, 1.807) is 0 Å². The Hall–Kier alpha value is -1.71. The molecule has 1 saturated heterocycles. The number of nitrogens with two attached hydrogens (primary N) is 1. The summed E-state index contributed by atoms with van der Waals surface area (Å²) in [6.45, 7) is 2.31. The molecule has 0 radical (unpaired) electrons. The highest BCUT2D eigenvalue weighted by Crippen LogP contribution is 2.15. The van der Waals surface area contributed by atoms with Crippen LogP contribution in [0.25, 0.3) is 0 Å². The van der Waals surface area contributed by atoms with E-state index in [4.69, 9.17) is 10.5 Å². The van der Waals surface area contributed by atoms with Gasteiger partial charge in [0, 0.05) is 31.3 Å². The predicted octanol–water partition coefficient (Wildman–Crippen LogP) is 2.44. The molecule has 1 fully saturated rings. The number of rotatable bonds is 5. The number of hydrogen-bond acceptors (Lipinski definition) is 3. The minimum absolute atomic E-state index is 0.293. The number of anilines is 1. The monoisotopic (exact) mass is 262 g/mol. The van der Waals surface area contributed by atoms with Gasteiger partial charge in [0.2, 0.25) is 5.91 Å². The highest BCUT2D eigenvalue weighted by Gasteiger charge is 2.15. The molecule has 104 valence electrons. The summed E-state index contributed by atoms with van der Waals surface area (Å²) in [4.78, 5) is 13.8. The van der Waals surface area contributed by atoms with Crippen molar-refractivity contribution >= 4 is 11.6 Å². The summed E-state index contributed by atoms with van der Waals surface area (Å²) in [6.07, 6.45) is 4.90. The lowest BCUT2D eigenvalue weighted by Gasteiger charge is -2.20. The van der Waals surface area contributed by atoms with Gasteiger partial charge in [-0.1, -0.05) is 12.5 Å². The molecule has 1 amide bonds. The zero-order valence-electron chi connectivity index (χ0n) is 11.3. The topological polar surface area (TPSA) is 55.6 Å². The van der Waals surface area contributed by atoms with Gasteiger partial charge < -0.3 is 15.4 Å². The number of likely N-dealkylation sites (tertiary alicyclic amines) is 1. The molecule has 2 rings (SSSR count). The number of hydrogen-bond donors (Lipinski definition) is 1. The minimum atomic E-state index is 0.293. The molecule has 1 aliphatic rings. The number of nitrogen functional groups attached to an aromatic ring is 1. The van der Waals surface area contributed by atoms with Crippen LogP contribution in [0.15, 0.2) is 24.3 Å². The van der Waals surface area contributed by atoms with E-state index in [0.29, 0.717) is 24.6 Å². The second-order valence-electron chi connectivity index (χ2n) is 4.97. The molecule has 19 heavy (non-hydrogen) atoms. The van der Waals surface area contributed by atoms with E-state index in [2.05, 4.69) is 0 Å². The van der Waals surface area contributed by atoms with Crippen molar-refractivity contribution in [3.8, 4) is 5.75 Å². The summed E-state index contributed by atoms with van der Waals surface area (Å²) < 4.78 is 5.63. The maximum absolute atomic E-state index is 11.8. The average molecular weight is 262 g/mol. The predicted molar refractivity (Wildman–Crippen MR) is 76.0 cm³/mol. The van der Waals surface area contributed by atoms with Gasteiger partial charge in [-0.15, -0.1) is 0 Å². The van der Waals surface area contributed by atoms with Crippen molar-refractivity contribution in [1.29, 1.82) is 0 Å². The third-order valence-electron chi connectivity index (χ3n) is 3.37. The summed E-state index contributed by atoms with van der Waals surface area (Å²) in [5.41, 5.74) is 6.39. The van der Waals surface area contributed by atoms with Crippen molar-refractivity contribution in [2.75, 3.05) is 25.4 Å². The van der Waals surface area contributed by atoms with Crippen molar-refractivity contribution in [2.24, 2.45) is 0 Å². The molecule has 0 saturated carbocycles. The van der Waals surface area contributed by atoms with Crippen LogP contribution in [0.5, 0.6) is 5.75 Å². The van der Waals surface area contributed by atoms with Crippen LogP contribution in [0, 0.1) is 0 Å². The van der Waals surface area contributed by atoms with Gasteiger partial charge in [-0.3, -0.25) is 4.79 Å². The number of benzene rings is 1. The Bertz CT molecular complexity index is 420. The highest BCUT2D eigenvalue weighted by atomic mass is 16.5. The Morgan fingerprint density at radius 1 is 1.26 bits per heavy atom. The molecule has 0 atom stereocenters. The van der Waals surface area contributed by atoms with Crippen molar-refractivity contribution in [1.82, 2.24) is 4.90 Å². The summed E-state index contributed by atoms with van der Waals surface area (Å²) in [6, 6.07) is 7.43.